The zero-order valence-corrected chi connectivity index (χ0v) is 11.3. The van der Waals surface area contributed by atoms with E-state index in [1.807, 2.05) is 36.4 Å². The van der Waals surface area contributed by atoms with E-state index in [1.165, 1.54) is 5.56 Å². The third-order valence-electron chi connectivity index (χ3n) is 3.05. The number of carbonyl (C=O) groups excluding carboxylic acids is 1. The Balaban J connectivity index is 2.08. The van der Waals surface area contributed by atoms with E-state index >= 15 is 0 Å². The van der Waals surface area contributed by atoms with Crippen molar-refractivity contribution < 1.29 is 4.79 Å². The van der Waals surface area contributed by atoms with Gasteiger partial charge in [-0.25, -0.2) is 0 Å². The first kappa shape index (κ1) is 13.3. The Hall–Kier alpha value is -2.09. The standard InChI is InChI=1S/C17H18NO/c1-12(2)14-8-10-16(11-9-14)18-17(19)15-6-4-13(3)5-7-15/h4-12H,3H2,1-2H3,(H,18,19). The van der Waals surface area contributed by atoms with E-state index < -0.39 is 0 Å². The molecule has 19 heavy (non-hydrogen) atoms. The fourth-order valence-electron chi connectivity index (χ4n) is 1.81. The van der Waals surface area contributed by atoms with Crippen LogP contribution >= 0.6 is 0 Å². The second-order valence-corrected chi connectivity index (χ2v) is 4.93. The highest BCUT2D eigenvalue weighted by Gasteiger charge is 2.06. The molecule has 2 heteroatoms. The fraction of sp³-hybridized carbons (Fsp3) is 0.176. The molecule has 0 unspecified atom stereocenters. The van der Waals surface area contributed by atoms with Gasteiger partial charge in [-0.05, 0) is 48.2 Å². The van der Waals surface area contributed by atoms with Gasteiger partial charge in [0.25, 0.3) is 5.91 Å². The lowest BCUT2D eigenvalue weighted by atomic mass is 10.0. The molecule has 0 aliphatic carbocycles. The van der Waals surface area contributed by atoms with E-state index in [2.05, 4.69) is 26.1 Å². The number of hydrogen-bond acceptors (Lipinski definition) is 1. The predicted octanol–water partition coefficient (Wildman–Crippen LogP) is 4.24. The molecule has 0 saturated heterocycles. The minimum absolute atomic E-state index is 0.0997. The van der Waals surface area contributed by atoms with E-state index in [0.717, 1.165) is 11.3 Å². The van der Waals surface area contributed by atoms with E-state index in [0.29, 0.717) is 11.5 Å². The summed E-state index contributed by atoms with van der Waals surface area (Å²) in [5, 5.41) is 2.88. The Morgan fingerprint density at radius 3 is 2.11 bits per heavy atom. The van der Waals surface area contributed by atoms with Gasteiger partial charge < -0.3 is 5.32 Å². The van der Waals surface area contributed by atoms with Gasteiger partial charge in [0.2, 0.25) is 0 Å². The molecule has 2 nitrogen and oxygen atoms in total. The van der Waals surface area contributed by atoms with Crippen molar-refractivity contribution in [3.63, 3.8) is 0 Å². The zero-order chi connectivity index (χ0) is 13.8. The molecule has 0 aliphatic heterocycles. The van der Waals surface area contributed by atoms with Crippen molar-refractivity contribution in [2.45, 2.75) is 19.8 Å². The van der Waals surface area contributed by atoms with E-state index in [1.54, 1.807) is 12.1 Å². The summed E-state index contributed by atoms with van der Waals surface area (Å²) in [6.45, 7) is 8.09. The van der Waals surface area contributed by atoms with Gasteiger partial charge in [-0.15, -0.1) is 0 Å². The minimum atomic E-state index is -0.0997. The summed E-state index contributed by atoms with van der Waals surface area (Å²) in [6, 6.07) is 15.2. The SMILES string of the molecule is [CH2]c1ccc(C(=O)Nc2ccc(C(C)C)cc2)cc1. The summed E-state index contributed by atoms with van der Waals surface area (Å²) in [6.07, 6.45) is 0. The average molecular weight is 252 g/mol. The Morgan fingerprint density at radius 1 is 1.00 bits per heavy atom. The summed E-state index contributed by atoms with van der Waals surface area (Å²) in [5.41, 5.74) is 3.62. The minimum Gasteiger partial charge on any atom is -0.322 e. The molecule has 0 atom stereocenters. The molecule has 2 rings (SSSR count). The maximum absolute atomic E-state index is 12.0. The third-order valence-corrected chi connectivity index (χ3v) is 3.05. The highest BCUT2D eigenvalue weighted by molar-refractivity contribution is 6.04. The quantitative estimate of drug-likeness (QED) is 0.869. The molecule has 0 saturated carbocycles. The molecule has 1 amide bonds. The van der Waals surface area contributed by atoms with Crippen molar-refractivity contribution in [1.82, 2.24) is 0 Å². The van der Waals surface area contributed by atoms with Gasteiger partial charge in [0, 0.05) is 11.3 Å². The molecule has 1 radical (unpaired) electrons. The van der Waals surface area contributed by atoms with Crippen LogP contribution in [0.1, 0.15) is 41.3 Å². The van der Waals surface area contributed by atoms with Gasteiger partial charge >= 0.3 is 0 Å². The predicted molar refractivity (Wildman–Crippen MR) is 79.4 cm³/mol. The summed E-state index contributed by atoms with van der Waals surface area (Å²) < 4.78 is 0. The lowest BCUT2D eigenvalue weighted by Crippen LogP contribution is -2.11. The topological polar surface area (TPSA) is 29.1 Å². The van der Waals surface area contributed by atoms with E-state index in [9.17, 15) is 4.79 Å². The van der Waals surface area contributed by atoms with Crippen LogP contribution in [0.3, 0.4) is 0 Å². The number of carbonyl (C=O) groups is 1. The molecular weight excluding hydrogens is 234 g/mol. The van der Waals surface area contributed by atoms with Crippen LogP contribution in [0, 0.1) is 6.92 Å². The first-order chi connectivity index (χ1) is 9.06. The molecule has 0 aliphatic rings. The third kappa shape index (κ3) is 3.44. The van der Waals surface area contributed by atoms with Crippen molar-refractivity contribution in [2.75, 3.05) is 5.32 Å². The highest BCUT2D eigenvalue weighted by Crippen LogP contribution is 2.17. The summed E-state index contributed by atoms with van der Waals surface area (Å²) >= 11 is 0. The second-order valence-electron chi connectivity index (χ2n) is 4.93. The molecule has 1 N–H and O–H groups in total. The molecule has 0 spiro atoms. The van der Waals surface area contributed by atoms with Crippen LogP contribution in [0.4, 0.5) is 5.69 Å². The van der Waals surface area contributed by atoms with Crippen LogP contribution in [-0.2, 0) is 0 Å². The van der Waals surface area contributed by atoms with Crippen LogP contribution in [0.15, 0.2) is 48.5 Å². The van der Waals surface area contributed by atoms with Crippen molar-refractivity contribution in [1.29, 1.82) is 0 Å². The van der Waals surface area contributed by atoms with Gasteiger partial charge in [0.05, 0.1) is 0 Å². The molecule has 0 fully saturated rings. The maximum atomic E-state index is 12.0. The molecule has 2 aromatic rings. The molecule has 0 aromatic heterocycles. The maximum Gasteiger partial charge on any atom is 0.255 e. The normalized spacial score (nSPS) is 10.5. The second kappa shape index (κ2) is 5.70. The van der Waals surface area contributed by atoms with Gasteiger partial charge in [0.15, 0.2) is 0 Å². The summed E-state index contributed by atoms with van der Waals surface area (Å²) in [5.74, 6) is 0.395. The molecule has 0 heterocycles. The first-order valence-corrected chi connectivity index (χ1v) is 6.39. The number of nitrogens with one attached hydrogen (secondary N) is 1. The van der Waals surface area contributed by atoms with E-state index in [-0.39, 0.29) is 5.91 Å². The molecule has 0 bridgehead atoms. The lowest BCUT2D eigenvalue weighted by Gasteiger charge is -2.08. The molecule has 2 aromatic carbocycles. The first-order valence-electron chi connectivity index (χ1n) is 6.39. The van der Waals surface area contributed by atoms with Gasteiger partial charge in [-0.1, -0.05) is 38.1 Å². The number of anilines is 1. The largest absolute Gasteiger partial charge is 0.322 e. The number of hydrogen-bond donors (Lipinski definition) is 1. The van der Waals surface area contributed by atoms with Crippen molar-refractivity contribution in [2.24, 2.45) is 0 Å². The Morgan fingerprint density at radius 2 is 1.58 bits per heavy atom. The average Bonchev–Trinajstić information content (AvgIpc) is 2.40. The van der Waals surface area contributed by atoms with Gasteiger partial charge in [-0.3, -0.25) is 4.79 Å². The van der Waals surface area contributed by atoms with Crippen LogP contribution in [-0.4, -0.2) is 5.91 Å². The number of rotatable bonds is 3. The zero-order valence-electron chi connectivity index (χ0n) is 11.3. The van der Waals surface area contributed by atoms with E-state index in [4.69, 9.17) is 0 Å². The number of amides is 1. The Labute approximate surface area is 114 Å². The number of benzene rings is 2. The molecular formula is C17H18NO. The van der Waals surface area contributed by atoms with Gasteiger partial charge in [0.1, 0.15) is 0 Å². The monoisotopic (exact) mass is 252 g/mol. The van der Waals surface area contributed by atoms with Crippen molar-refractivity contribution in [3.05, 3.63) is 72.1 Å². The highest BCUT2D eigenvalue weighted by atomic mass is 16.1. The van der Waals surface area contributed by atoms with Crippen LogP contribution in [0.5, 0.6) is 0 Å². The molecule has 97 valence electrons. The smallest absolute Gasteiger partial charge is 0.255 e. The van der Waals surface area contributed by atoms with Crippen LogP contribution < -0.4 is 5.32 Å². The van der Waals surface area contributed by atoms with Crippen LogP contribution in [0.2, 0.25) is 0 Å². The Kier molecular flexibility index (Phi) is 4.00. The van der Waals surface area contributed by atoms with Gasteiger partial charge in [-0.2, -0.15) is 0 Å². The van der Waals surface area contributed by atoms with Crippen molar-refractivity contribution in [3.8, 4) is 0 Å². The van der Waals surface area contributed by atoms with Crippen molar-refractivity contribution >= 4 is 11.6 Å². The lowest BCUT2D eigenvalue weighted by molar-refractivity contribution is 0.102. The summed E-state index contributed by atoms with van der Waals surface area (Å²) in [7, 11) is 0. The summed E-state index contributed by atoms with van der Waals surface area (Å²) in [4.78, 5) is 12.0. The fourth-order valence-corrected chi connectivity index (χ4v) is 1.81. The Bertz CT molecular complexity index is 553. The van der Waals surface area contributed by atoms with Crippen LogP contribution in [0.25, 0.3) is 0 Å².